The third-order valence-corrected chi connectivity index (χ3v) is 4.37. The smallest absolute Gasteiger partial charge is 0.416 e. The highest BCUT2D eigenvalue weighted by Crippen LogP contribution is 2.36. The van der Waals surface area contributed by atoms with Crippen molar-refractivity contribution in [1.29, 1.82) is 0 Å². The van der Waals surface area contributed by atoms with Crippen LogP contribution in [0, 0.1) is 0 Å². The molecule has 4 rings (SSSR count). The Morgan fingerprint density at radius 3 is 2.32 bits per heavy atom. The van der Waals surface area contributed by atoms with E-state index >= 15 is 0 Å². The number of alkyl halides is 3. The Labute approximate surface area is 165 Å². The lowest BCUT2D eigenvalue weighted by Gasteiger charge is -2.06. The van der Waals surface area contributed by atoms with Gasteiger partial charge in [0, 0.05) is 22.6 Å². The highest BCUT2D eigenvalue weighted by molar-refractivity contribution is 9.10. The average molecular weight is 450 g/mol. The molecule has 2 aromatic carbocycles. The molecule has 0 amide bonds. The summed E-state index contributed by atoms with van der Waals surface area (Å²) in [6, 6.07) is 12.4. The lowest BCUT2D eigenvalue weighted by atomic mass is 10.2. The predicted molar refractivity (Wildman–Crippen MR) is 101 cm³/mol. The molecule has 1 N–H and O–H groups in total. The van der Waals surface area contributed by atoms with Gasteiger partial charge in [0.1, 0.15) is 17.0 Å². The number of oxazole rings is 1. The molecule has 2 heterocycles. The quantitative estimate of drug-likeness (QED) is 0.383. The fraction of sp³-hybridized carbons (Fsp3) is 0.0526. The van der Waals surface area contributed by atoms with Gasteiger partial charge in [0.25, 0.3) is 6.01 Å². The molecule has 0 fully saturated rings. The Bertz CT molecular complexity index is 1110. The van der Waals surface area contributed by atoms with E-state index in [-0.39, 0.29) is 16.1 Å². The summed E-state index contributed by atoms with van der Waals surface area (Å²) in [5.41, 5.74) is 0.156. The molecule has 0 saturated heterocycles. The number of rotatable bonds is 4. The van der Waals surface area contributed by atoms with Crippen LogP contribution in [0.3, 0.4) is 0 Å². The number of ether oxygens (including phenoxy) is 1. The Kier molecular flexibility index (Phi) is 4.68. The average Bonchev–Trinajstić information content (AvgIpc) is 3.07. The Morgan fingerprint density at radius 1 is 0.964 bits per heavy atom. The summed E-state index contributed by atoms with van der Waals surface area (Å²) in [7, 11) is 0. The number of hydrogen-bond donors (Lipinski definition) is 1. The van der Waals surface area contributed by atoms with Gasteiger partial charge in [-0.3, -0.25) is 4.98 Å². The van der Waals surface area contributed by atoms with Crippen LogP contribution in [0.4, 0.5) is 24.9 Å². The molecule has 28 heavy (non-hydrogen) atoms. The van der Waals surface area contributed by atoms with E-state index < -0.39 is 11.7 Å². The summed E-state index contributed by atoms with van der Waals surface area (Å²) in [5, 5.41) is 2.92. The number of fused-ring (bicyclic) bond motifs is 1. The summed E-state index contributed by atoms with van der Waals surface area (Å²) in [4.78, 5) is 8.11. The van der Waals surface area contributed by atoms with Crippen molar-refractivity contribution in [3.63, 3.8) is 0 Å². The van der Waals surface area contributed by atoms with Gasteiger partial charge in [-0.1, -0.05) is 0 Å². The maximum Gasteiger partial charge on any atom is 0.416 e. The standard InChI is InChI=1S/C19H11BrF3N3O2/c20-15-9-11(19(21,22)23)10-16-17(15)26-18(28-16)25-12-1-3-13(4-2-12)27-14-5-7-24-8-6-14/h1-10H,(H,25,26). The zero-order chi connectivity index (χ0) is 19.7. The SMILES string of the molecule is FC(F)(F)c1cc(Br)c2nc(Nc3ccc(Oc4ccncc4)cc3)oc2c1. The summed E-state index contributed by atoms with van der Waals surface area (Å²) in [5.74, 6) is 1.27. The van der Waals surface area contributed by atoms with Gasteiger partial charge in [-0.05, 0) is 64.5 Å². The molecule has 0 spiro atoms. The lowest BCUT2D eigenvalue weighted by molar-refractivity contribution is -0.137. The first-order valence-electron chi connectivity index (χ1n) is 8.01. The van der Waals surface area contributed by atoms with Crippen LogP contribution in [-0.2, 0) is 6.18 Å². The maximum absolute atomic E-state index is 12.9. The molecule has 5 nitrogen and oxygen atoms in total. The molecule has 0 atom stereocenters. The second-order valence-electron chi connectivity index (χ2n) is 5.76. The number of pyridine rings is 1. The van der Waals surface area contributed by atoms with Gasteiger partial charge in [-0.25, -0.2) is 0 Å². The molecule has 0 saturated carbocycles. The van der Waals surface area contributed by atoms with Crippen molar-refractivity contribution >= 4 is 38.7 Å². The second-order valence-corrected chi connectivity index (χ2v) is 6.61. The molecule has 0 aliphatic rings. The zero-order valence-electron chi connectivity index (χ0n) is 14.0. The first-order chi connectivity index (χ1) is 13.4. The monoisotopic (exact) mass is 449 g/mol. The molecule has 0 aliphatic carbocycles. The highest BCUT2D eigenvalue weighted by Gasteiger charge is 2.32. The number of hydrogen-bond acceptors (Lipinski definition) is 5. The van der Waals surface area contributed by atoms with Crippen LogP contribution in [0.2, 0.25) is 0 Å². The molecule has 0 bridgehead atoms. The number of anilines is 2. The minimum atomic E-state index is -4.47. The number of nitrogens with one attached hydrogen (secondary N) is 1. The van der Waals surface area contributed by atoms with Gasteiger partial charge in [-0.15, -0.1) is 0 Å². The molecular weight excluding hydrogens is 439 g/mol. The summed E-state index contributed by atoms with van der Waals surface area (Å²) >= 11 is 3.11. The third-order valence-electron chi connectivity index (χ3n) is 3.77. The number of halogens is 4. The summed E-state index contributed by atoms with van der Waals surface area (Å²) in [6.45, 7) is 0. The van der Waals surface area contributed by atoms with Gasteiger partial charge in [0.15, 0.2) is 5.58 Å². The molecular formula is C19H11BrF3N3O2. The number of benzene rings is 2. The van der Waals surface area contributed by atoms with Crippen molar-refractivity contribution in [2.24, 2.45) is 0 Å². The van der Waals surface area contributed by atoms with Crippen LogP contribution in [-0.4, -0.2) is 9.97 Å². The van der Waals surface area contributed by atoms with E-state index in [4.69, 9.17) is 9.15 Å². The summed E-state index contributed by atoms with van der Waals surface area (Å²) < 4.78 is 50.1. The van der Waals surface area contributed by atoms with E-state index in [1.807, 2.05) is 0 Å². The predicted octanol–water partition coefficient (Wildman–Crippen LogP) is 6.54. The van der Waals surface area contributed by atoms with Crippen molar-refractivity contribution in [3.05, 3.63) is 71.0 Å². The van der Waals surface area contributed by atoms with E-state index in [0.29, 0.717) is 22.7 Å². The largest absolute Gasteiger partial charge is 0.457 e. The van der Waals surface area contributed by atoms with Crippen LogP contribution >= 0.6 is 15.9 Å². The molecule has 0 aliphatic heterocycles. The molecule has 2 aromatic heterocycles. The van der Waals surface area contributed by atoms with Gasteiger partial charge in [-0.2, -0.15) is 18.2 Å². The number of nitrogens with zero attached hydrogens (tertiary/aromatic N) is 2. The molecule has 0 unspecified atom stereocenters. The fourth-order valence-corrected chi connectivity index (χ4v) is 3.01. The van der Waals surface area contributed by atoms with Crippen LogP contribution in [0.25, 0.3) is 11.1 Å². The molecule has 0 radical (unpaired) electrons. The van der Waals surface area contributed by atoms with Crippen molar-refractivity contribution in [3.8, 4) is 11.5 Å². The van der Waals surface area contributed by atoms with Crippen LogP contribution < -0.4 is 10.1 Å². The van der Waals surface area contributed by atoms with E-state index in [9.17, 15) is 13.2 Å². The van der Waals surface area contributed by atoms with Crippen molar-refractivity contribution in [2.45, 2.75) is 6.18 Å². The van der Waals surface area contributed by atoms with Crippen LogP contribution in [0.5, 0.6) is 11.5 Å². The maximum atomic E-state index is 12.9. The van der Waals surface area contributed by atoms with Gasteiger partial charge in [0.2, 0.25) is 0 Å². The molecule has 9 heteroatoms. The van der Waals surface area contributed by atoms with E-state index in [0.717, 1.165) is 12.1 Å². The second kappa shape index (κ2) is 7.16. The van der Waals surface area contributed by atoms with E-state index in [2.05, 4.69) is 31.2 Å². The van der Waals surface area contributed by atoms with E-state index in [1.54, 1.807) is 48.8 Å². The van der Waals surface area contributed by atoms with Crippen LogP contribution in [0.15, 0.2) is 69.8 Å². The molecule has 142 valence electrons. The lowest BCUT2D eigenvalue weighted by Crippen LogP contribution is -2.04. The van der Waals surface area contributed by atoms with Gasteiger partial charge in [0.05, 0.1) is 5.56 Å². The van der Waals surface area contributed by atoms with Gasteiger partial charge < -0.3 is 14.5 Å². The first-order valence-corrected chi connectivity index (χ1v) is 8.80. The number of aromatic nitrogens is 2. The highest BCUT2D eigenvalue weighted by atomic mass is 79.9. The van der Waals surface area contributed by atoms with Crippen LogP contribution in [0.1, 0.15) is 5.56 Å². The minimum Gasteiger partial charge on any atom is -0.457 e. The Balaban J connectivity index is 1.54. The zero-order valence-corrected chi connectivity index (χ0v) is 15.6. The Morgan fingerprint density at radius 2 is 1.64 bits per heavy atom. The summed E-state index contributed by atoms with van der Waals surface area (Å²) in [6.07, 6.45) is -1.22. The molecule has 4 aromatic rings. The van der Waals surface area contributed by atoms with Gasteiger partial charge >= 0.3 is 6.18 Å². The fourth-order valence-electron chi connectivity index (χ4n) is 2.48. The minimum absolute atomic E-state index is 0.0295. The topological polar surface area (TPSA) is 60.2 Å². The first kappa shape index (κ1) is 18.3. The normalized spacial score (nSPS) is 11.6. The van der Waals surface area contributed by atoms with Crippen molar-refractivity contribution < 1.29 is 22.3 Å². The third kappa shape index (κ3) is 3.94. The Hall–Kier alpha value is -3.07. The van der Waals surface area contributed by atoms with Crippen molar-refractivity contribution in [2.75, 3.05) is 5.32 Å². The van der Waals surface area contributed by atoms with Crippen molar-refractivity contribution in [1.82, 2.24) is 9.97 Å². The van der Waals surface area contributed by atoms with E-state index in [1.165, 1.54) is 0 Å².